The minimum Gasteiger partial charge on any atom is -0.478 e. The van der Waals surface area contributed by atoms with Crippen molar-refractivity contribution >= 4 is 44.3 Å². The van der Waals surface area contributed by atoms with Crippen LogP contribution in [-0.4, -0.2) is 20.4 Å². The molecule has 0 bridgehead atoms. The minimum absolute atomic E-state index is 0.237. The van der Waals surface area contributed by atoms with Crippen LogP contribution in [0.4, 0.5) is 10.8 Å². The van der Waals surface area contributed by atoms with Crippen molar-refractivity contribution in [2.45, 2.75) is 19.8 Å². The second-order valence-corrected chi connectivity index (χ2v) is 5.50. The Hall–Kier alpha value is -1.47. The third-order valence-electron chi connectivity index (χ3n) is 2.40. The van der Waals surface area contributed by atoms with E-state index in [0.29, 0.717) is 9.60 Å². The quantitative estimate of drug-likeness (QED) is 0.867. The number of halogens is 1. The van der Waals surface area contributed by atoms with Gasteiger partial charge in [-0.1, -0.05) is 6.92 Å². The summed E-state index contributed by atoms with van der Waals surface area (Å²) in [6, 6.07) is 4.80. The van der Waals surface area contributed by atoms with Gasteiger partial charge in [0.25, 0.3) is 0 Å². The molecule has 19 heavy (non-hydrogen) atoms. The maximum Gasteiger partial charge on any atom is 0.335 e. The first-order valence-corrected chi connectivity index (χ1v) is 7.29. The normalized spacial score (nSPS) is 10.4. The zero-order valence-electron chi connectivity index (χ0n) is 10.2. The number of nitrogens with zero attached hydrogens (tertiary/aromatic N) is 2. The number of rotatable bonds is 5. The summed E-state index contributed by atoms with van der Waals surface area (Å²) in [6.45, 7) is 2.08. The fraction of sp³-hybridized carbons (Fsp3) is 0.250. The Bertz CT molecular complexity index is 600. The predicted octanol–water partition coefficient (Wildman–Crippen LogP) is 3.69. The molecule has 0 atom stereocenters. The summed E-state index contributed by atoms with van der Waals surface area (Å²) in [6.07, 6.45) is 1.87. The van der Waals surface area contributed by atoms with Crippen LogP contribution in [0.5, 0.6) is 0 Å². The molecular formula is C12H12BrN3O2S. The van der Waals surface area contributed by atoms with Crippen LogP contribution in [0.25, 0.3) is 0 Å². The van der Waals surface area contributed by atoms with E-state index in [9.17, 15) is 4.79 Å². The SMILES string of the molecule is CCCc1nsc(Nc2ccc(C(=O)O)cc2Br)n1. The molecule has 1 aromatic heterocycles. The van der Waals surface area contributed by atoms with Gasteiger partial charge < -0.3 is 10.4 Å². The number of aromatic nitrogens is 2. The number of benzene rings is 1. The average molecular weight is 342 g/mol. The van der Waals surface area contributed by atoms with E-state index in [1.807, 2.05) is 0 Å². The zero-order valence-corrected chi connectivity index (χ0v) is 12.6. The number of hydrogen-bond donors (Lipinski definition) is 2. The number of aromatic carboxylic acids is 1. The van der Waals surface area contributed by atoms with Crippen molar-refractivity contribution in [1.29, 1.82) is 0 Å². The molecule has 0 aliphatic carbocycles. The Balaban J connectivity index is 2.16. The molecule has 2 N–H and O–H groups in total. The highest BCUT2D eigenvalue weighted by atomic mass is 79.9. The number of aryl methyl sites for hydroxylation is 1. The highest BCUT2D eigenvalue weighted by Gasteiger charge is 2.09. The van der Waals surface area contributed by atoms with Crippen LogP contribution in [0.1, 0.15) is 29.5 Å². The largest absolute Gasteiger partial charge is 0.478 e. The van der Waals surface area contributed by atoms with Gasteiger partial charge in [0.1, 0.15) is 5.82 Å². The molecule has 100 valence electrons. The smallest absolute Gasteiger partial charge is 0.335 e. The van der Waals surface area contributed by atoms with Crippen molar-refractivity contribution in [3.8, 4) is 0 Å². The number of nitrogens with one attached hydrogen (secondary N) is 1. The molecule has 0 aliphatic heterocycles. The molecule has 1 heterocycles. The van der Waals surface area contributed by atoms with Crippen molar-refractivity contribution in [2.24, 2.45) is 0 Å². The van der Waals surface area contributed by atoms with Crippen molar-refractivity contribution in [1.82, 2.24) is 9.36 Å². The van der Waals surface area contributed by atoms with Gasteiger partial charge in [0.05, 0.1) is 11.3 Å². The molecule has 0 amide bonds. The van der Waals surface area contributed by atoms with Crippen LogP contribution in [0.2, 0.25) is 0 Å². The van der Waals surface area contributed by atoms with Gasteiger partial charge in [-0.3, -0.25) is 0 Å². The molecule has 0 saturated carbocycles. The van der Waals surface area contributed by atoms with Gasteiger partial charge in [-0.25, -0.2) is 9.78 Å². The lowest BCUT2D eigenvalue weighted by Crippen LogP contribution is -1.98. The fourth-order valence-corrected chi connectivity index (χ4v) is 2.60. The van der Waals surface area contributed by atoms with Crippen LogP contribution in [0, 0.1) is 0 Å². The molecule has 0 unspecified atom stereocenters. The molecule has 5 nitrogen and oxygen atoms in total. The van der Waals surface area contributed by atoms with Crippen molar-refractivity contribution in [3.05, 3.63) is 34.1 Å². The maximum atomic E-state index is 10.8. The molecule has 0 fully saturated rings. The van der Waals surface area contributed by atoms with Crippen molar-refractivity contribution in [2.75, 3.05) is 5.32 Å². The topological polar surface area (TPSA) is 75.1 Å². The highest BCUT2D eigenvalue weighted by molar-refractivity contribution is 9.10. The average Bonchev–Trinajstić information content (AvgIpc) is 2.79. The molecule has 2 aromatic rings. The first kappa shape index (κ1) is 14.0. The Morgan fingerprint density at radius 3 is 2.95 bits per heavy atom. The van der Waals surface area contributed by atoms with Gasteiger partial charge in [0.2, 0.25) is 5.13 Å². The summed E-state index contributed by atoms with van der Waals surface area (Å²) >= 11 is 4.64. The van der Waals surface area contributed by atoms with Crippen LogP contribution >= 0.6 is 27.5 Å². The second kappa shape index (κ2) is 6.12. The van der Waals surface area contributed by atoms with E-state index in [1.165, 1.54) is 11.5 Å². The Morgan fingerprint density at radius 1 is 1.53 bits per heavy atom. The van der Waals surface area contributed by atoms with E-state index in [0.717, 1.165) is 24.4 Å². The lowest BCUT2D eigenvalue weighted by molar-refractivity contribution is 0.0697. The molecule has 0 saturated heterocycles. The van der Waals surface area contributed by atoms with Crippen molar-refractivity contribution in [3.63, 3.8) is 0 Å². The van der Waals surface area contributed by atoms with Gasteiger partial charge in [-0.15, -0.1) is 0 Å². The summed E-state index contributed by atoms with van der Waals surface area (Å²) in [5.41, 5.74) is 1.01. The van der Waals surface area contributed by atoms with Gasteiger partial charge in [0, 0.05) is 22.4 Å². The monoisotopic (exact) mass is 341 g/mol. The van der Waals surface area contributed by atoms with Gasteiger partial charge in [-0.2, -0.15) is 4.37 Å². The van der Waals surface area contributed by atoms with Crippen LogP contribution < -0.4 is 5.32 Å². The molecule has 1 aromatic carbocycles. The Kier molecular flexibility index (Phi) is 4.49. The fourth-order valence-electron chi connectivity index (χ4n) is 1.49. The summed E-state index contributed by atoms with van der Waals surface area (Å²) < 4.78 is 4.92. The molecule has 0 spiro atoms. The highest BCUT2D eigenvalue weighted by Crippen LogP contribution is 2.27. The van der Waals surface area contributed by atoms with Gasteiger partial charge in [0.15, 0.2) is 0 Å². The predicted molar refractivity (Wildman–Crippen MR) is 78.3 cm³/mol. The second-order valence-electron chi connectivity index (χ2n) is 3.89. The number of hydrogen-bond acceptors (Lipinski definition) is 5. The van der Waals surface area contributed by atoms with E-state index in [1.54, 1.807) is 18.2 Å². The first-order valence-electron chi connectivity index (χ1n) is 5.72. The van der Waals surface area contributed by atoms with E-state index < -0.39 is 5.97 Å². The minimum atomic E-state index is -0.951. The number of anilines is 2. The first-order chi connectivity index (χ1) is 9.10. The molecular weight excluding hydrogens is 330 g/mol. The summed E-state index contributed by atoms with van der Waals surface area (Å²) in [4.78, 5) is 15.2. The number of carbonyl (C=O) groups is 1. The van der Waals surface area contributed by atoms with Crippen LogP contribution in [0.15, 0.2) is 22.7 Å². The molecule has 7 heteroatoms. The summed E-state index contributed by atoms with van der Waals surface area (Å²) in [7, 11) is 0. The molecule has 0 radical (unpaired) electrons. The third-order valence-corrected chi connectivity index (χ3v) is 3.72. The summed E-state index contributed by atoms with van der Waals surface area (Å²) in [5, 5.41) is 12.7. The van der Waals surface area contributed by atoms with E-state index in [4.69, 9.17) is 5.11 Å². The van der Waals surface area contributed by atoms with E-state index in [-0.39, 0.29) is 5.56 Å². The number of carboxylic acid groups (broad SMARTS) is 1. The zero-order chi connectivity index (χ0) is 13.8. The summed E-state index contributed by atoms with van der Waals surface area (Å²) in [5.74, 6) is -0.123. The van der Waals surface area contributed by atoms with Gasteiger partial charge >= 0.3 is 5.97 Å². The van der Waals surface area contributed by atoms with Gasteiger partial charge in [-0.05, 0) is 40.5 Å². The Labute approximate surface area is 123 Å². The van der Waals surface area contributed by atoms with Crippen LogP contribution in [-0.2, 0) is 6.42 Å². The number of carboxylic acids is 1. The molecule has 2 rings (SSSR count). The van der Waals surface area contributed by atoms with E-state index >= 15 is 0 Å². The van der Waals surface area contributed by atoms with Crippen molar-refractivity contribution < 1.29 is 9.90 Å². The standard InChI is InChI=1S/C12H12BrN3O2S/c1-2-3-10-15-12(19-16-10)14-9-5-4-7(11(17)18)6-8(9)13/h4-6H,2-3H2,1H3,(H,17,18)(H,14,15,16). The lowest BCUT2D eigenvalue weighted by atomic mass is 10.2. The van der Waals surface area contributed by atoms with Crippen LogP contribution in [0.3, 0.4) is 0 Å². The van der Waals surface area contributed by atoms with E-state index in [2.05, 4.69) is 37.5 Å². The third kappa shape index (κ3) is 3.51. The Morgan fingerprint density at radius 2 is 2.32 bits per heavy atom. The maximum absolute atomic E-state index is 10.8. The molecule has 0 aliphatic rings. The lowest BCUT2D eigenvalue weighted by Gasteiger charge is -2.05.